The van der Waals surface area contributed by atoms with E-state index in [0.717, 1.165) is 5.69 Å². The van der Waals surface area contributed by atoms with E-state index in [1.54, 1.807) is 48.5 Å². The number of hydrogen-bond acceptors (Lipinski definition) is 7. The number of amides is 1. The van der Waals surface area contributed by atoms with Crippen molar-refractivity contribution in [1.82, 2.24) is 5.32 Å². The lowest BCUT2D eigenvalue weighted by Gasteiger charge is -2.12. The first-order valence-electron chi connectivity index (χ1n) is 8.22. The Bertz CT molecular complexity index is 913. The molecular weight excluding hydrogens is 384 g/mol. The normalized spacial score (nSPS) is 17.2. The third-order valence-electron chi connectivity index (χ3n) is 3.73. The first-order valence-corrected chi connectivity index (χ1v) is 9.10. The minimum Gasteiger partial charge on any atom is -0.508 e. The number of anilines is 1. The number of aliphatic carboxylic acids is 1. The molecule has 4 N–H and O–H groups in total. The van der Waals surface area contributed by atoms with E-state index in [1.807, 2.05) is 0 Å². The van der Waals surface area contributed by atoms with Crippen molar-refractivity contribution in [3.05, 3.63) is 52.9 Å². The van der Waals surface area contributed by atoms with Crippen LogP contribution in [0.4, 0.5) is 5.69 Å². The van der Waals surface area contributed by atoms with Gasteiger partial charge in [0.2, 0.25) is 0 Å². The van der Waals surface area contributed by atoms with Gasteiger partial charge in [0.15, 0.2) is 23.6 Å². The number of phenolic OH excluding ortho intramolecular Hbond substituents is 1. The van der Waals surface area contributed by atoms with Gasteiger partial charge in [0.25, 0.3) is 5.91 Å². The summed E-state index contributed by atoms with van der Waals surface area (Å²) in [6, 6.07) is 11.5. The van der Waals surface area contributed by atoms with Gasteiger partial charge in [0, 0.05) is 5.69 Å². The molecule has 1 unspecified atom stereocenters. The van der Waals surface area contributed by atoms with Gasteiger partial charge < -0.3 is 30.3 Å². The highest BCUT2D eigenvalue weighted by Crippen LogP contribution is 2.33. The van der Waals surface area contributed by atoms with Crippen molar-refractivity contribution in [2.75, 3.05) is 19.0 Å². The molecule has 1 saturated heterocycles. The summed E-state index contributed by atoms with van der Waals surface area (Å²) in [7, 11) is 1.45. The molecule has 0 radical (unpaired) electrons. The summed E-state index contributed by atoms with van der Waals surface area (Å²) in [6.45, 7) is -0.473. The molecule has 1 aliphatic rings. The first kappa shape index (κ1) is 19.4. The Labute approximate surface area is 165 Å². The van der Waals surface area contributed by atoms with Gasteiger partial charge in [0.05, 0.1) is 12.0 Å². The number of ether oxygens (including phenoxy) is 2. The predicted octanol–water partition coefficient (Wildman–Crippen LogP) is 2.46. The summed E-state index contributed by atoms with van der Waals surface area (Å²) < 4.78 is 10.4. The van der Waals surface area contributed by atoms with Crippen LogP contribution < -0.4 is 20.1 Å². The average Bonchev–Trinajstić information content (AvgIpc) is 3.01. The molecule has 0 bridgehead atoms. The zero-order valence-electron chi connectivity index (χ0n) is 14.8. The fourth-order valence-corrected chi connectivity index (χ4v) is 3.44. The largest absolute Gasteiger partial charge is 0.508 e. The molecule has 1 amide bonds. The van der Waals surface area contributed by atoms with Gasteiger partial charge in [0.1, 0.15) is 5.75 Å². The van der Waals surface area contributed by atoms with Crippen molar-refractivity contribution in [3.63, 3.8) is 0 Å². The second kappa shape index (κ2) is 8.57. The predicted molar refractivity (Wildman–Crippen MR) is 105 cm³/mol. The number of aromatic hydroxyl groups is 1. The molecular formula is C19H18N2O6S. The van der Waals surface area contributed by atoms with Crippen LogP contribution in [0, 0.1) is 0 Å². The Morgan fingerprint density at radius 1 is 1.25 bits per heavy atom. The van der Waals surface area contributed by atoms with E-state index in [4.69, 9.17) is 14.6 Å². The molecule has 1 fully saturated rings. The van der Waals surface area contributed by atoms with Gasteiger partial charge in [-0.3, -0.25) is 4.79 Å². The summed E-state index contributed by atoms with van der Waals surface area (Å²) in [5.41, 5.74) is 1.13. The van der Waals surface area contributed by atoms with Crippen LogP contribution in [-0.2, 0) is 9.59 Å². The molecule has 28 heavy (non-hydrogen) atoms. The number of carboxylic acid groups (broad SMARTS) is 1. The highest BCUT2D eigenvalue weighted by Gasteiger charge is 2.27. The van der Waals surface area contributed by atoms with E-state index in [2.05, 4.69) is 10.6 Å². The van der Waals surface area contributed by atoms with E-state index in [9.17, 15) is 14.7 Å². The number of thioether (sulfide) groups is 1. The Kier molecular flexibility index (Phi) is 5.95. The molecule has 9 heteroatoms. The van der Waals surface area contributed by atoms with E-state index in [0.29, 0.717) is 22.0 Å². The van der Waals surface area contributed by atoms with Crippen LogP contribution in [0.3, 0.4) is 0 Å². The molecule has 1 aliphatic heterocycles. The smallest absolute Gasteiger partial charge is 0.341 e. The fraction of sp³-hybridized carbons (Fsp3) is 0.158. The standard InChI is InChI=1S/C19H18N2O6S/c1-26-15-8-11(2-7-14(15)27-10-17(23)24)9-16-18(25)21-19(28-16)20-12-3-5-13(22)6-4-12/h2-9,19-20,22H,10H2,1H3,(H,21,25)(H,23,24)/b16-9+. The first-order chi connectivity index (χ1) is 13.4. The van der Waals surface area contributed by atoms with Crippen molar-refractivity contribution in [2.45, 2.75) is 5.50 Å². The van der Waals surface area contributed by atoms with Crippen LogP contribution in [-0.4, -0.2) is 41.3 Å². The molecule has 2 aromatic carbocycles. The zero-order chi connectivity index (χ0) is 20.1. The highest BCUT2D eigenvalue weighted by atomic mass is 32.2. The van der Waals surface area contributed by atoms with Gasteiger partial charge in [-0.15, -0.1) is 0 Å². The molecule has 0 aromatic heterocycles. The Morgan fingerprint density at radius 2 is 2.00 bits per heavy atom. The van der Waals surface area contributed by atoms with E-state index < -0.39 is 12.6 Å². The Hall–Kier alpha value is -3.33. The van der Waals surface area contributed by atoms with Crippen molar-refractivity contribution in [2.24, 2.45) is 0 Å². The van der Waals surface area contributed by atoms with Gasteiger partial charge >= 0.3 is 5.97 Å². The Balaban J connectivity index is 1.71. The lowest BCUT2D eigenvalue weighted by atomic mass is 10.2. The van der Waals surface area contributed by atoms with E-state index >= 15 is 0 Å². The van der Waals surface area contributed by atoms with Gasteiger partial charge in [-0.05, 0) is 48.0 Å². The maximum atomic E-state index is 12.2. The number of carbonyl (C=O) groups is 2. The van der Waals surface area contributed by atoms with Crippen molar-refractivity contribution < 1.29 is 29.3 Å². The summed E-state index contributed by atoms with van der Waals surface area (Å²) in [4.78, 5) is 23.4. The number of carbonyl (C=O) groups excluding carboxylic acids is 1. The third kappa shape index (κ3) is 4.89. The van der Waals surface area contributed by atoms with Crippen molar-refractivity contribution >= 4 is 35.4 Å². The second-order valence-electron chi connectivity index (χ2n) is 5.76. The molecule has 0 aliphatic carbocycles. The second-order valence-corrected chi connectivity index (χ2v) is 6.91. The monoisotopic (exact) mass is 402 g/mol. The number of phenols is 1. The maximum absolute atomic E-state index is 12.2. The molecule has 8 nitrogen and oxygen atoms in total. The van der Waals surface area contributed by atoms with E-state index in [-0.39, 0.29) is 17.2 Å². The third-order valence-corrected chi connectivity index (χ3v) is 4.76. The van der Waals surface area contributed by atoms with Crippen molar-refractivity contribution in [1.29, 1.82) is 0 Å². The molecule has 3 rings (SSSR count). The number of hydrogen-bond donors (Lipinski definition) is 4. The minimum absolute atomic E-state index is 0.166. The Morgan fingerprint density at radius 3 is 2.68 bits per heavy atom. The molecule has 0 spiro atoms. The van der Waals surface area contributed by atoms with Crippen LogP contribution >= 0.6 is 11.8 Å². The number of benzene rings is 2. The quantitative estimate of drug-likeness (QED) is 0.412. The summed E-state index contributed by atoms with van der Waals surface area (Å²) >= 11 is 1.32. The molecule has 146 valence electrons. The molecule has 2 aromatic rings. The molecule has 0 saturated carbocycles. The average molecular weight is 402 g/mol. The topological polar surface area (TPSA) is 117 Å². The van der Waals surface area contributed by atoms with E-state index in [1.165, 1.54) is 18.9 Å². The van der Waals surface area contributed by atoms with Crippen LogP contribution in [0.1, 0.15) is 5.56 Å². The fourth-order valence-electron chi connectivity index (χ4n) is 2.46. The van der Waals surface area contributed by atoms with Crippen LogP contribution in [0.5, 0.6) is 17.2 Å². The lowest BCUT2D eigenvalue weighted by molar-refractivity contribution is -0.139. The van der Waals surface area contributed by atoms with Crippen LogP contribution in [0.15, 0.2) is 47.4 Å². The zero-order valence-corrected chi connectivity index (χ0v) is 15.7. The summed E-state index contributed by atoms with van der Waals surface area (Å²) in [6.07, 6.45) is 1.71. The van der Waals surface area contributed by atoms with Crippen molar-refractivity contribution in [3.8, 4) is 17.2 Å². The lowest BCUT2D eigenvalue weighted by Crippen LogP contribution is -2.30. The summed E-state index contributed by atoms with van der Waals surface area (Å²) in [5, 5.41) is 24.0. The molecule has 1 heterocycles. The van der Waals surface area contributed by atoms with Gasteiger partial charge in [-0.2, -0.15) is 0 Å². The van der Waals surface area contributed by atoms with Crippen LogP contribution in [0.25, 0.3) is 6.08 Å². The minimum atomic E-state index is -1.08. The SMILES string of the molecule is COc1cc(/C=C2/SC(Nc3ccc(O)cc3)NC2=O)ccc1OCC(=O)O. The summed E-state index contributed by atoms with van der Waals surface area (Å²) in [5.74, 6) is -0.454. The number of methoxy groups -OCH3 is 1. The van der Waals surface area contributed by atoms with Crippen LogP contribution in [0.2, 0.25) is 0 Å². The number of carboxylic acids is 1. The maximum Gasteiger partial charge on any atom is 0.341 e. The molecule has 1 atom stereocenters. The number of rotatable bonds is 7. The van der Waals surface area contributed by atoms with Gasteiger partial charge in [-0.25, -0.2) is 4.79 Å². The number of nitrogens with one attached hydrogen (secondary N) is 2. The highest BCUT2D eigenvalue weighted by molar-refractivity contribution is 8.05. The van der Waals surface area contributed by atoms with Gasteiger partial charge in [-0.1, -0.05) is 17.8 Å².